The van der Waals surface area contributed by atoms with E-state index < -0.39 is 17.7 Å². The summed E-state index contributed by atoms with van der Waals surface area (Å²) >= 11 is 6.30. The van der Waals surface area contributed by atoms with Gasteiger partial charge in [0.25, 0.3) is 11.7 Å². The Hall–Kier alpha value is -3.23. The van der Waals surface area contributed by atoms with Gasteiger partial charge in [0.1, 0.15) is 23.0 Å². The first-order valence-corrected chi connectivity index (χ1v) is 11.7. The average molecular weight is 503 g/mol. The molecule has 1 unspecified atom stereocenters. The zero-order valence-electron chi connectivity index (χ0n) is 20.6. The molecule has 1 N–H and O–H groups in total. The van der Waals surface area contributed by atoms with Gasteiger partial charge >= 0.3 is 0 Å². The monoisotopic (exact) mass is 502 g/mol. The first-order valence-electron chi connectivity index (χ1n) is 11.3. The highest BCUT2D eigenvalue weighted by Crippen LogP contribution is 2.43. The number of benzene rings is 2. The van der Waals surface area contributed by atoms with Crippen molar-refractivity contribution in [2.75, 3.05) is 48.0 Å². The first kappa shape index (κ1) is 26.4. The van der Waals surface area contributed by atoms with Crippen molar-refractivity contribution in [3.05, 3.63) is 58.1 Å². The Labute approximate surface area is 210 Å². The Morgan fingerprint density at radius 3 is 2.31 bits per heavy atom. The van der Waals surface area contributed by atoms with E-state index in [-0.39, 0.29) is 27.7 Å². The van der Waals surface area contributed by atoms with Gasteiger partial charge in [0.15, 0.2) is 0 Å². The number of carbonyl (C=O) groups excluding carboxylic acids is 2. The van der Waals surface area contributed by atoms with Gasteiger partial charge < -0.3 is 29.1 Å². The lowest BCUT2D eigenvalue weighted by Gasteiger charge is -2.27. The Kier molecular flexibility index (Phi) is 8.64. The molecule has 1 atom stereocenters. The van der Waals surface area contributed by atoms with E-state index in [2.05, 4.69) is 0 Å². The third-order valence-electron chi connectivity index (χ3n) is 5.73. The van der Waals surface area contributed by atoms with Crippen LogP contribution in [-0.4, -0.2) is 74.6 Å². The van der Waals surface area contributed by atoms with Crippen LogP contribution in [0.15, 0.2) is 42.0 Å². The van der Waals surface area contributed by atoms with Crippen molar-refractivity contribution in [3.63, 3.8) is 0 Å². The summed E-state index contributed by atoms with van der Waals surface area (Å²) in [6.45, 7) is 3.44. The van der Waals surface area contributed by atoms with Crippen molar-refractivity contribution in [1.29, 1.82) is 0 Å². The SMILES string of the molecule is CCCOc1ccc(C2/C(=C(\O)c3cc(Cl)c(OC)cc3OC)C(=O)C(=O)N2CCN(C)C)cc1. The number of hydrogen-bond acceptors (Lipinski definition) is 7. The van der Waals surface area contributed by atoms with Crippen LogP contribution in [0.4, 0.5) is 0 Å². The van der Waals surface area contributed by atoms with E-state index in [0.717, 1.165) is 6.42 Å². The third-order valence-corrected chi connectivity index (χ3v) is 6.02. The number of carbonyl (C=O) groups is 2. The van der Waals surface area contributed by atoms with Crippen molar-refractivity contribution in [2.45, 2.75) is 19.4 Å². The maximum absolute atomic E-state index is 13.2. The van der Waals surface area contributed by atoms with E-state index in [1.807, 2.05) is 25.9 Å². The van der Waals surface area contributed by atoms with Gasteiger partial charge in [0.05, 0.1) is 43.0 Å². The number of amides is 1. The molecule has 188 valence electrons. The van der Waals surface area contributed by atoms with Crippen LogP contribution in [-0.2, 0) is 9.59 Å². The number of halogens is 1. The van der Waals surface area contributed by atoms with Crippen LogP contribution in [0.2, 0.25) is 5.02 Å². The Morgan fingerprint density at radius 2 is 1.74 bits per heavy atom. The topological polar surface area (TPSA) is 88.5 Å². The van der Waals surface area contributed by atoms with Crippen molar-refractivity contribution in [1.82, 2.24) is 9.80 Å². The number of hydrogen-bond donors (Lipinski definition) is 1. The van der Waals surface area contributed by atoms with Crippen LogP contribution in [0.1, 0.15) is 30.5 Å². The van der Waals surface area contributed by atoms with E-state index in [9.17, 15) is 14.7 Å². The fourth-order valence-corrected chi connectivity index (χ4v) is 4.16. The van der Waals surface area contributed by atoms with Crippen LogP contribution in [0.25, 0.3) is 5.76 Å². The number of ketones is 1. The van der Waals surface area contributed by atoms with Gasteiger partial charge in [0.2, 0.25) is 0 Å². The molecule has 8 nitrogen and oxygen atoms in total. The van der Waals surface area contributed by atoms with Crippen molar-refractivity contribution >= 4 is 29.1 Å². The van der Waals surface area contributed by atoms with Crippen LogP contribution in [0.5, 0.6) is 17.2 Å². The summed E-state index contributed by atoms with van der Waals surface area (Å²) in [5.41, 5.74) is 0.833. The van der Waals surface area contributed by atoms with Gasteiger partial charge in [-0.3, -0.25) is 9.59 Å². The van der Waals surface area contributed by atoms with E-state index in [1.165, 1.54) is 31.3 Å². The van der Waals surface area contributed by atoms with E-state index in [1.54, 1.807) is 24.3 Å². The molecule has 2 aromatic rings. The number of aliphatic hydroxyl groups excluding tert-OH is 1. The maximum Gasteiger partial charge on any atom is 0.295 e. The van der Waals surface area contributed by atoms with Gasteiger partial charge in [-0.2, -0.15) is 0 Å². The number of rotatable bonds is 10. The number of methoxy groups -OCH3 is 2. The lowest BCUT2D eigenvalue weighted by molar-refractivity contribution is -0.140. The third kappa shape index (κ3) is 5.55. The fourth-order valence-electron chi connectivity index (χ4n) is 3.92. The van der Waals surface area contributed by atoms with Crippen LogP contribution < -0.4 is 14.2 Å². The minimum atomic E-state index is -0.791. The Morgan fingerprint density at radius 1 is 1.09 bits per heavy atom. The molecule has 0 spiro atoms. The van der Waals surface area contributed by atoms with Gasteiger partial charge in [-0.15, -0.1) is 0 Å². The number of Topliss-reactive ketones (excluding diaryl/α,β-unsaturated/α-hetero) is 1. The van der Waals surface area contributed by atoms with Crippen LogP contribution in [0.3, 0.4) is 0 Å². The molecule has 1 aliphatic rings. The second-order valence-electron chi connectivity index (χ2n) is 8.40. The molecule has 1 amide bonds. The summed E-state index contributed by atoms with van der Waals surface area (Å²) in [6.07, 6.45) is 0.874. The minimum absolute atomic E-state index is 0.0319. The largest absolute Gasteiger partial charge is 0.507 e. The summed E-state index contributed by atoms with van der Waals surface area (Å²) in [6, 6.07) is 9.38. The molecule has 35 heavy (non-hydrogen) atoms. The molecular formula is C26H31ClN2O6. The molecule has 1 aliphatic heterocycles. The molecule has 0 saturated carbocycles. The highest BCUT2D eigenvalue weighted by Gasteiger charge is 2.46. The molecule has 3 rings (SSSR count). The standard InChI is InChI=1S/C26H31ClN2O6/c1-6-13-35-17-9-7-16(8-10-17)23-22(25(31)26(32)29(23)12-11-28(2)3)24(30)18-14-19(27)21(34-5)15-20(18)33-4/h7-10,14-15,23,30H,6,11-13H2,1-5H3/b24-22+. The number of aliphatic hydroxyl groups is 1. The second-order valence-corrected chi connectivity index (χ2v) is 8.81. The van der Waals surface area contributed by atoms with Crippen LogP contribution >= 0.6 is 11.6 Å². The zero-order chi connectivity index (χ0) is 25.7. The summed E-state index contributed by atoms with van der Waals surface area (Å²) in [5.74, 6) is -0.524. The maximum atomic E-state index is 13.2. The molecule has 9 heteroatoms. The molecule has 0 aromatic heterocycles. The molecule has 1 saturated heterocycles. The van der Waals surface area contributed by atoms with Gasteiger partial charge in [-0.05, 0) is 44.3 Å². The van der Waals surface area contributed by atoms with E-state index in [0.29, 0.717) is 36.8 Å². The van der Waals surface area contributed by atoms with Crippen molar-refractivity contribution < 1.29 is 28.9 Å². The summed E-state index contributed by atoms with van der Waals surface area (Å²) < 4.78 is 16.3. The number of nitrogens with zero attached hydrogens (tertiary/aromatic N) is 2. The molecule has 2 aromatic carbocycles. The lowest BCUT2D eigenvalue weighted by Crippen LogP contribution is -2.35. The van der Waals surface area contributed by atoms with Crippen molar-refractivity contribution in [2.24, 2.45) is 0 Å². The highest BCUT2D eigenvalue weighted by atomic mass is 35.5. The quantitative estimate of drug-likeness (QED) is 0.297. The predicted molar refractivity (Wildman–Crippen MR) is 134 cm³/mol. The summed E-state index contributed by atoms with van der Waals surface area (Å²) in [5, 5.41) is 11.6. The van der Waals surface area contributed by atoms with E-state index in [4.69, 9.17) is 25.8 Å². The fraction of sp³-hybridized carbons (Fsp3) is 0.385. The predicted octanol–water partition coefficient (Wildman–Crippen LogP) is 4.13. The minimum Gasteiger partial charge on any atom is -0.507 e. The molecule has 0 bridgehead atoms. The molecule has 1 heterocycles. The average Bonchev–Trinajstić information content (AvgIpc) is 3.10. The second kappa shape index (κ2) is 11.5. The zero-order valence-corrected chi connectivity index (χ0v) is 21.4. The lowest BCUT2D eigenvalue weighted by atomic mass is 9.95. The van der Waals surface area contributed by atoms with Crippen LogP contribution in [0, 0.1) is 0 Å². The smallest absolute Gasteiger partial charge is 0.295 e. The Bertz CT molecular complexity index is 1110. The van der Waals surface area contributed by atoms with Crippen molar-refractivity contribution in [3.8, 4) is 17.2 Å². The number of ether oxygens (including phenoxy) is 3. The molecular weight excluding hydrogens is 472 g/mol. The molecule has 0 aliphatic carbocycles. The van der Waals surface area contributed by atoms with Gasteiger partial charge in [-0.1, -0.05) is 30.7 Å². The summed E-state index contributed by atoms with van der Waals surface area (Å²) in [4.78, 5) is 29.7. The normalized spacial score (nSPS) is 17.2. The highest BCUT2D eigenvalue weighted by molar-refractivity contribution is 6.46. The van der Waals surface area contributed by atoms with Gasteiger partial charge in [0, 0.05) is 19.2 Å². The van der Waals surface area contributed by atoms with E-state index >= 15 is 0 Å². The van der Waals surface area contributed by atoms with Gasteiger partial charge in [-0.25, -0.2) is 0 Å². The molecule has 1 fully saturated rings. The molecule has 0 radical (unpaired) electrons. The number of likely N-dealkylation sites (N-methyl/N-ethyl adjacent to an activating group) is 1. The first-order chi connectivity index (χ1) is 16.7. The number of likely N-dealkylation sites (tertiary alicyclic amines) is 1. The summed E-state index contributed by atoms with van der Waals surface area (Å²) in [7, 11) is 6.66. The Balaban J connectivity index is 2.16.